The van der Waals surface area contributed by atoms with Gasteiger partial charge >= 0.3 is 6.09 Å². The average Bonchev–Trinajstić information content (AvgIpc) is 2.60. The number of fused-ring (bicyclic) bond motifs is 1. The lowest BCUT2D eigenvalue weighted by atomic mass is 10.1. The van der Waals surface area contributed by atoms with Gasteiger partial charge in [0.05, 0.1) is 18.1 Å². The molecule has 1 aromatic carbocycles. The molecule has 29 heavy (non-hydrogen) atoms. The third-order valence-electron chi connectivity index (χ3n) is 4.34. The van der Waals surface area contributed by atoms with E-state index in [4.69, 9.17) is 9.73 Å². The Morgan fingerprint density at radius 2 is 2.00 bits per heavy atom. The monoisotopic (exact) mass is 511 g/mol. The van der Waals surface area contributed by atoms with Crippen LogP contribution in [0.4, 0.5) is 4.79 Å². The quantitative estimate of drug-likeness (QED) is 0.373. The predicted molar refractivity (Wildman–Crippen MR) is 127 cm³/mol. The van der Waals surface area contributed by atoms with Crippen molar-refractivity contribution >= 4 is 46.9 Å². The molecule has 2 heterocycles. The number of carbonyl (C=O) groups excluding carboxylic acids is 1. The van der Waals surface area contributed by atoms with Crippen LogP contribution in [-0.4, -0.2) is 53.2 Å². The highest BCUT2D eigenvalue weighted by Gasteiger charge is 2.34. The number of hydrogen-bond donors (Lipinski definition) is 2. The Bertz CT molecular complexity index is 854. The standard InChI is InChI=1S/C21H29N5O2.HI/c1-5-22-19(25-17-13-26(14-17)20(27)28-21(2,3)4)24-12-16-9-6-8-15-10-7-11-23-18(15)16;/h6-11,17H,5,12-14H2,1-4H3,(H2,22,24,25);1H. The molecule has 2 aromatic rings. The lowest BCUT2D eigenvalue weighted by Crippen LogP contribution is -2.63. The number of benzene rings is 1. The van der Waals surface area contributed by atoms with E-state index in [9.17, 15) is 4.79 Å². The van der Waals surface area contributed by atoms with Crippen LogP contribution in [0.15, 0.2) is 41.5 Å². The predicted octanol–water partition coefficient (Wildman–Crippen LogP) is 3.53. The molecular weight excluding hydrogens is 481 g/mol. The van der Waals surface area contributed by atoms with Gasteiger partial charge in [-0.25, -0.2) is 9.79 Å². The second-order valence-corrected chi connectivity index (χ2v) is 7.91. The van der Waals surface area contributed by atoms with Gasteiger partial charge in [0.25, 0.3) is 0 Å². The van der Waals surface area contributed by atoms with Crippen LogP contribution >= 0.6 is 24.0 Å². The van der Waals surface area contributed by atoms with Gasteiger partial charge in [0.1, 0.15) is 5.60 Å². The van der Waals surface area contributed by atoms with Crippen molar-refractivity contribution in [2.75, 3.05) is 19.6 Å². The number of likely N-dealkylation sites (tertiary alicyclic amines) is 1. The number of rotatable bonds is 4. The number of amides is 1. The summed E-state index contributed by atoms with van der Waals surface area (Å²) in [5.41, 5.74) is 1.59. The van der Waals surface area contributed by atoms with Crippen LogP contribution in [0.5, 0.6) is 0 Å². The molecule has 158 valence electrons. The Kier molecular flexibility index (Phi) is 8.06. The molecule has 1 aliphatic heterocycles. The molecule has 7 nitrogen and oxygen atoms in total. The zero-order valence-corrected chi connectivity index (χ0v) is 19.8. The van der Waals surface area contributed by atoms with Crippen molar-refractivity contribution in [2.24, 2.45) is 4.99 Å². The molecule has 0 aliphatic carbocycles. The number of aliphatic imine (C=N–C) groups is 1. The summed E-state index contributed by atoms with van der Waals surface area (Å²) >= 11 is 0. The van der Waals surface area contributed by atoms with Crippen LogP contribution in [-0.2, 0) is 11.3 Å². The molecule has 2 N–H and O–H groups in total. The number of pyridine rings is 1. The van der Waals surface area contributed by atoms with Gasteiger partial charge < -0.3 is 20.3 Å². The molecule has 3 rings (SSSR count). The average molecular weight is 511 g/mol. The molecule has 1 fully saturated rings. The van der Waals surface area contributed by atoms with Gasteiger partial charge in [-0.1, -0.05) is 24.3 Å². The highest BCUT2D eigenvalue weighted by molar-refractivity contribution is 14.0. The van der Waals surface area contributed by atoms with E-state index in [1.807, 2.05) is 39.8 Å². The van der Waals surface area contributed by atoms with Crippen LogP contribution in [0.1, 0.15) is 33.3 Å². The first-order valence-corrected chi connectivity index (χ1v) is 9.71. The summed E-state index contributed by atoms with van der Waals surface area (Å²) in [6, 6.07) is 10.3. The first kappa shape index (κ1) is 23.2. The molecule has 0 radical (unpaired) electrons. The van der Waals surface area contributed by atoms with E-state index in [1.165, 1.54) is 0 Å². The van der Waals surface area contributed by atoms with Crippen molar-refractivity contribution in [1.29, 1.82) is 0 Å². The van der Waals surface area contributed by atoms with E-state index < -0.39 is 5.60 Å². The van der Waals surface area contributed by atoms with Crippen LogP contribution in [0.25, 0.3) is 10.9 Å². The highest BCUT2D eigenvalue weighted by atomic mass is 127. The van der Waals surface area contributed by atoms with Crippen molar-refractivity contribution < 1.29 is 9.53 Å². The van der Waals surface area contributed by atoms with Crippen molar-refractivity contribution in [3.63, 3.8) is 0 Å². The van der Waals surface area contributed by atoms with Crippen LogP contribution in [0, 0.1) is 0 Å². The summed E-state index contributed by atoms with van der Waals surface area (Å²) < 4.78 is 5.40. The minimum absolute atomic E-state index is 0. The number of guanidine groups is 1. The van der Waals surface area contributed by atoms with Crippen LogP contribution in [0.2, 0.25) is 0 Å². The van der Waals surface area contributed by atoms with Crippen molar-refractivity contribution in [3.8, 4) is 0 Å². The fraction of sp³-hybridized carbons (Fsp3) is 0.476. The summed E-state index contributed by atoms with van der Waals surface area (Å²) in [4.78, 5) is 22.9. The highest BCUT2D eigenvalue weighted by Crippen LogP contribution is 2.17. The van der Waals surface area contributed by atoms with Gasteiger partial charge in [-0.2, -0.15) is 0 Å². The Morgan fingerprint density at radius 3 is 2.69 bits per heavy atom. The fourth-order valence-corrected chi connectivity index (χ4v) is 3.02. The number of ether oxygens (including phenoxy) is 1. The molecule has 0 spiro atoms. The molecule has 1 aromatic heterocycles. The maximum absolute atomic E-state index is 12.1. The van der Waals surface area contributed by atoms with Crippen molar-refractivity contribution in [3.05, 3.63) is 42.1 Å². The Morgan fingerprint density at radius 1 is 1.28 bits per heavy atom. The van der Waals surface area contributed by atoms with E-state index in [0.717, 1.165) is 29.0 Å². The van der Waals surface area contributed by atoms with E-state index in [0.29, 0.717) is 19.6 Å². The third kappa shape index (κ3) is 6.45. The van der Waals surface area contributed by atoms with E-state index in [1.54, 1.807) is 11.1 Å². The van der Waals surface area contributed by atoms with Crippen molar-refractivity contribution in [1.82, 2.24) is 20.5 Å². The number of para-hydroxylation sites is 1. The summed E-state index contributed by atoms with van der Waals surface area (Å²) in [6.07, 6.45) is 1.54. The number of nitrogens with zero attached hydrogens (tertiary/aromatic N) is 3. The van der Waals surface area contributed by atoms with Crippen molar-refractivity contribution in [2.45, 2.75) is 45.9 Å². The van der Waals surface area contributed by atoms with E-state index in [2.05, 4.69) is 33.8 Å². The summed E-state index contributed by atoms with van der Waals surface area (Å²) in [5, 5.41) is 7.77. The van der Waals surface area contributed by atoms with E-state index in [-0.39, 0.29) is 36.1 Å². The minimum atomic E-state index is -0.474. The first-order chi connectivity index (χ1) is 13.4. The molecule has 1 saturated heterocycles. The topological polar surface area (TPSA) is 78.9 Å². The maximum Gasteiger partial charge on any atom is 0.410 e. The van der Waals surface area contributed by atoms with Gasteiger partial charge in [0.2, 0.25) is 0 Å². The molecule has 1 aliphatic rings. The number of hydrogen-bond acceptors (Lipinski definition) is 4. The molecule has 1 amide bonds. The lowest BCUT2D eigenvalue weighted by Gasteiger charge is -2.40. The molecule has 0 atom stereocenters. The van der Waals surface area contributed by atoms with E-state index >= 15 is 0 Å². The number of nitrogens with one attached hydrogen (secondary N) is 2. The molecule has 0 unspecified atom stereocenters. The minimum Gasteiger partial charge on any atom is -0.444 e. The largest absolute Gasteiger partial charge is 0.444 e. The van der Waals surface area contributed by atoms with Gasteiger partial charge in [-0.3, -0.25) is 4.98 Å². The summed E-state index contributed by atoms with van der Waals surface area (Å²) in [6.45, 7) is 10.2. The van der Waals surface area contributed by atoms with Gasteiger partial charge in [0.15, 0.2) is 5.96 Å². The maximum atomic E-state index is 12.1. The van der Waals surface area contributed by atoms with Crippen LogP contribution < -0.4 is 10.6 Å². The SMILES string of the molecule is CCNC(=NCc1cccc2cccnc12)NC1CN(C(=O)OC(C)(C)C)C1.I. The molecule has 8 heteroatoms. The first-order valence-electron chi connectivity index (χ1n) is 9.71. The number of halogens is 1. The van der Waals surface area contributed by atoms with Gasteiger partial charge in [-0.15, -0.1) is 24.0 Å². The van der Waals surface area contributed by atoms with Crippen LogP contribution in [0.3, 0.4) is 0 Å². The number of carbonyl (C=O) groups is 1. The fourth-order valence-electron chi connectivity index (χ4n) is 3.02. The molecule has 0 bridgehead atoms. The molecular formula is C21H30IN5O2. The Labute approximate surface area is 189 Å². The zero-order valence-electron chi connectivity index (χ0n) is 17.4. The second-order valence-electron chi connectivity index (χ2n) is 7.91. The smallest absolute Gasteiger partial charge is 0.410 e. The zero-order chi connectivity index (χ0) is 20.1. The third-order valence-corrected chi connectivity index (χ3v) is 4.34. The Hall–Kier alpha value is -2.10. The molecule has 0 saturated carbocycles. The normalized spacial score (nSPS) is 14.8. The number of aromatic nitrogens is 1. The Balaban J connectivity index is 0.00000300. The van der Waals surface area contributed by atoms with Gasteiger partial charge in [-0.05, 0) is 39.3 Å². The summed E-state index contributed by atoms with van der Waals surface area (Å²) in [7, 11) is 0. The van der Waals surface area contributed by atoms with Gasteiger partial charge in [0, 0.05) is 31.2 Å². The second kappa shape index (κ2) is 10.1. The summed E-state index contributed by atoms with van der Waals surface area (Å²) in [5.74, 6) is 0.740. The lowest BCUT2D eigenvalue weighted by molar-refractivity contribution is 0.00701.